The number of carbonyl (C=O) groups excluding carboxylic acids is 2. The highest BCUT2D eigenvalue weighted by atomic mass is 32.2. The SMILES string of the molecule is CCOC(=O)C1(O)CSC(O)(C(C)=O)CS1. The van der Waals surface area contributed by atoms with E-state index in [0.717, 1.165) is 23.5 Å². The number of thioether (sulfide) groups is 2. The zero-order valence-electron chi connectivity index (χ0n) is 9.06. The number of aliphatic hydroxyl groups is 2. The lowest BCUT2D eigenvalue weighted by atomic mass is 10.3. The molecule has 7 heteroatoms. The minimum absolute atomic E-state index is 0.0255. The Labute approximate surface area is 102 Å². The Bertz CT molecular complexity index is 296. The van der Waals surface area contributed by atoms with Crippen molar-refractivity contribution in [3.63, 3.8) is 0 Å². The van der Waals surface area contributed by atoms with Gasteiger partial charge in [-0.25, -0.2) is 4.79 Å². The van der Waals surface area contributed by atoms with Crippen molar-refractivity contribution in [2.45, 2.75) is 23.7 Å². The molecule has 1 saturated heterocycles. The van der Waals surface area contributed by atoms with Gasteiger partial charge in [-0.05, 0) is 13.8 Å². The fourth-order valence-corrected chi connectivity index (χ4v) is 3.67. The van der Waals surface area contributed by atoms with Crippen molar-refractivity contribution in [1.82, 2.24) is 0 Å². The summed E-state index contributed by atoms with van der Waals surface area (Å²) in [6, 6.07) is 0. The van der Waals surface area contributed by atoms with Gasteiger partial charge in [0.05, 0.1) is 6.61 Å². The summed E-state index contributed by atoms with van der Waals surface area (Å²) in [7, 11) is 0. The van der Waals surface area contributed by atoms with Crippen molar-refractivity contribution in [2.75, 3.05) is 18.1 Å². The van der Waals surface area contributed by atoms with E-state index >= 15 is 0 Å². The molecule has 92 valence electrons. The summed E-state index contributed by atoms with van der Waals surface area (Å²) in [5, 5.41) is 19.8. The zero-order chi connectivity index (χ0) is 12.4. The van der Waals surface area contributed by atoms with Crippen LogP contribution in [-0.2, 0) is 14.3 Å². The molecule has 2 atom stereocenters. The lowest BCUT2D eigenvalue weighted by Crippen LogP contribution is -2.50. The first-order valence-electron chi connectivity index (χ1n) is 4.75. The van der Waals surface area contributed by atoms with Gasteiger partial charge in [0.15, 0.2) is 10.7 Å². The molecule has 0 aromatic rings. The van der Waals surface area contributed by atoms with Crippen molar-refractivity contribution >= 4 is 35.3 Å². The number of carbonyl (C=O) groups is 2. The Balaban J connectivity index is 2.66. The standard InChI is InChI=1S/C9H14O5S2/c1-3-14-7(11)9(13)5-15-8(12,4-16-9)6(2)10/h12-13H,3-5H2,1-2H3. The Morgan fingerprint density at radius 3 is 2.12 bits per heavy atom. The van der Waals surface area contributed by atoms with Crippen molar-refractivity contribution in [3.8, 4) is 0 Å². The number of Topliss-reactive ketones (excluding diaryl/α,β-unsaturated/α-hetero) is 1. The third-order valence-electron chi connectivity index (χ3n) is 2.16. The zero-order valence-corrected chi connectivity index (χ0v) is 10.7. The maximum absolute atomic E-state index is 11.4. The first-order chi connectivity index (χ1) is 7.34. The molecular formula is C9H14O5S2. The van der Waals surface area contributed by atoms with E-state index < -0.39 is 15.8 Å². The molecule has 2 N–H and O–H groups in total. The Morgan fingerprint density at radius 1 is 1.25 bits per heavy atom. The van der Waals surface area contributed by atoms with Gasteiger partial charge in [0.2, 0.25) is 4.93 Å². The van der Waals surface area contributed by atoms with E-state index in [1.807, 2.05) is 0 Å². The Morgan fingerprint density at radius 2 is 1.75 bits per heavy atom. The van der Waals surface area contributed by atoms with Crippen LogP contribution in [0.15, 0.2) is 0 Å². The van der Waals surface area contributed by atoms with Gasteiger partial charge in [-0.1, -0.05) is 0 Å². The van der Waals surface area contributed by atoms with Crippen LogP contribution in [0.4, 0.5) is 0 Å². The number of hydrogen-bond donors (Lipinski definition) is 2. The highest BCUT2D eigenvalue weighted by Crippen LogP contribution is 2.42. The molecule has 0 aromatic carbocycles. The second kappa shape index (κ2) is 4.95. The number of ketones is 1. The van der Waals surface area contributed by atoms with Crippen LogP contribution in [0.25, 0.3) is 0 Å². The highest BCUT2D eigenvalue weighted by molar-refractivity contribution is 8.08. The molecule has 0 saturated carbocycles. The summed E-state index contributed by atoms with van der Waals surface area (Å²) in [5.41, 5.74) is 0. The molecule has 0 bridgehead atoms. The summed E-state index contributed by atoms with van der Waals surface area (Å²) in [5.74, 6) is -1.19. The lowest BCUT2D eigenvalue weighted by molar-refractivity contribution is -0.154. The van der Waals surface area contributed by atoms with Gasteiger partial charge in [-0.3, -0.25) is 4.79 Å². The van der Waals surface area contributed by atoms with Crippen LogP contribution in [0, 0.1) is 0 Å². The number of rotatable bonds is 3. The average Bonchev–Trinajstić information content (AvgIpc) is 2.23. The first-order valence-corrected chi connectivity index (χ1v) is 6.72. The third kappa shape index (κ3) is 2.71. The molecule has 2 unspecified atom stereocenters. The fourth-order valence-electron chi connectivity index (χ4n) is 1.08. The van der Waals surface area contributed by atoms with Crippen molar-refractivity contribution < 1.29 is 24.5 Å². The number of ether oxygens (including phenoxy) is 1. The van der Waals surface area contributed by atoms with Gasteiger partial charge in [0, 0.05) is 11.5 Å². The van der Waals surface area contributed by atoms with E-state index in [4.69, 9.17) is 4.74 Å². The smallest absolute Gasteiger partial charge is 0.349 e. The topological polar surface area (TPSA) is 83.8 Å². The molecule has 1 heterocycles. The molecule has 5 nitrogen and oxygen atoms in total. The van der Waals surface area contributed by atoms with Gasteiger partial charge < -0.3 is 14.9 Å². The molecule has 0 aromatic heterocycles. The minimum atomic E-state index is -1.66. The van der Waals surface area contributed by atoms with Gasteiger partial charge in [0.1, 0.15) is 0 Å². The molecule has 1 aliphatic rings. The van der Waals surface area contributed by atoms with Gasteiger partial charge >= 0.3 is 5.97 Å². The van der Waals surface area contributed by atoms with E-state index in [1.165, 1.54) is 6.92 Å². The maximum atomic E-state index is 11.4. The van der Waals surface area contributed by atoms with E-state index in [2.05, 4.69) is 0 Å². The summed E-state index contributed by atoms with van der Waals surface area (Å²) < 4.78 is 4.72. The predicted octanol–water partition coefficient (Wildman–Crippen LogP) is -0.00430. The van der Waals surface area contributed by atoms with E-state index in [0.29, 0.717) is 0 Å². The summed E-state index contributed by atoms with van der Waals surface area (Å²) in [6.07, 6.45) is 0. The van der Waals surface area contributed by atoms with Crippen LogP contribution < -0.4 is 0 Å². The minimum Gasteiger partial charge on any atom is -0.463 e. The Hall–Kier alpha value is -0.240. The predicted molar refractivity (Wildman–Crippen MR) is 62.1 cm³/mol. The third-order valence-corrected chi connectivity index (χ3v) is 5.35. The molecule has 1 aliphatic heterocycles. The average molecular weight is 266 g/mol. The molecule has 0 amide bonds. The molecule has 1 fully saturated rings. The molecular weight excluding hydrogens is 252 g/mol. The second-order valence-corrected chi connectivity index (χ2v) is 5.93. The van der Waals surface area contributed by atoms with E-state index in [1.54, 1.807) is 6.92 Å². The van der Waals surface area contributed by atoms with Crippen molar-refractivity contribution in [1.29, 1.82) is 0 Å². The fraction of sp³-hybridized carbons (Fsp3) is 0.778. The maximum Gasteiger partial charge on any atom is 0.349 e. The van der Waals surface area contributed by atoms with Crippen LogP contribution in [-0.4, -0.2) is 49.9 Å². The summed E-state index contributed by atoms with van der Waals surface area (Å²) in [4.78, 5) is 19.4. The lowest BCUT2D eigenvalue weighted by Gasteiger charge is -2.36. The van der Waals surface area contributed by atoms with Crippen molar-refractivity contribution in [2.24, 2.45) is 0 Å². The van der Waals surface area contributed by atoms with Crippen LogP contribution in [0.1, 0.15) is 13.8 Å². The quantitative estimate of drug-likeness (QED) is 0.695. The second-order valence-electron chi connectivity index (χ2n) is 3.42. The summed E-state index contributed by atoms with van der Waals surface area (Å²) in [6.45, 7) is 3.11. The van der Waals surface area contributed by atoms with E-state index in [-0.39, 0.29) is 23.9 Å². The molecule has 0 aliphatic carbocycles. The largest absolute Gasteiger partial charge is 0.463 e. The molecule has 16 heavy (non-hydrogen) atoms. The molecule has 0 radical (unpaired) electrons. The van der Waals surface area contributed by atoms with Crippen LogP contribution in [0.2, 0.25) is 0 Å². The number of esters is 1. The summed E-state index contributed by atoms with van der Waals surface area (Å²) >= 11 is 1.71. The van der Waals surface area contributed by atoms with Crippen LogP contribution in [0.3, 0.4) is 0 Å². The normalized spacial score (nSPS) is 34.5. The van der Waals surface area contributed by atoms with Crippen LogP contribution >= 0.6 is 23.5 Å². The van der Waals surface area contributed by atoms with Crippen LogP contribution in [0.5, 0.6) is 0 Å². The Kier molecular flexibility index (Phi) is 4.28. The van der Waals surface area contributed by atoms with Gasteiger partial charge in [-0.15, -0.1) is 23.5 Å². The highest BCUT2D eigenvalue weighted by Gasteiger charge is 2.49. The first kappa shape index (κ1) is 13.8. The molecule has 1 rings (SSSR count). The monoisotopic (exact) mass is 266 g/mol. The number of hydrogen-bond acceptors (Lipinski definition) is 7. The van der Waals surface area contributed by atoms with E-state index in [9.17, 15) is 19.8 Å². The van der Waals surface area contributed by atoms with Gasteiger partial charge in [-0.2, -0.15) is 0 Å². The van der Waals surface area contributed by atoms with Crippen molar-refractivity contribution in [3.05, 3.63) is 0 Å². The van der Waals surface area contributed by atoms with Gasteiger partial charge in [0.25, 0.3) is 0 Å². The molecule has 0 spiro atoms.